The van der Waals surface area contributed by atoms with E-state index >= 15 is 0 Å². The van der Waals surface area contributed by atoms with Crippen molar-refractivity contribution in [3.8, 4) is 11.3 Å². The number of nitrogens with one attached hydrogen (secondary N) is 2. The number of hydrogen-bond donors (Lipinski definition) is 2. The Morgan fingerprint density at radius 2 is 1.76 bits per heavy atom. The van der Waals surface area contributed by atoms with Crippen LogP contribution in [0.1, 0.15) is 31.9 Å². The van der Waals surface area contributed by atoms with E-state index in [0.717, 1.165) is 11.3 Å². The molecule has 0 spiro atoms. The SMILES string of the molecule is Cc1cc(C(C)(C)C)ccc1-c1cc(=O)[nH][nH]1. The third-order valence-electron chi connectivity index (χ3n) is 2.98. The monoisotopic (exact) mass is 230 g/mol. The second-order valence-corrected chi connectivity index (χ2v) is 5.45. The molecule has 1 aromatic carbocycles. The lowest BCUT2D eigenvalue weighted by Crippen LogP contribution is -2.11. The molecule has 2 rings (SSSR count). The van der Waals surface area contributed by atoms with Crippen LogP contribution in [-0.4, -0.2) is 10.2 Å². The van der Waals surface area contributed by atoms with E-state index < -0.39 is 0 Å². The van der Waals surface area contributed by atoms with Crippen molar-refractivity contribution in [1.82, 2.24) is 10.2 Å². The first-order valence-electron chi connectivity index (χ1n) is 5.77. The minimum Gasteiger partial charge on any atom is -0.298 e. The molecular weight excluding hydrogens is 212 g/mol. The average molecular weight is 230 g/mol. The summed E-state index contributed by atoms with van der Waals surface area (Å²) in [5.74, 6) is 0. The zero-order chi connectivity index (χ0) is 12.6. The molecule has 0 aliphatic heterocycles. The molecule has 3 nitrogen and oxygen atoms in total. The summed E-state index contributed by atoms with van der Waals surface area (Å²) >= 11 is 0. The van der Waals surface area contributed by atoms with Crippen molar-refractivity contribution in [2.24, 2.45) is 0 Å². The van der Waals surface area contributed by atoms with Gasteiger partial charge in [0, 0.05) is 11.6 Å². The molecule has 0 saturated carbocycles. The number of H-pyrrole nitrogens is 2. The van der Waals surface area contributed by atoms with Gasteiger partial charge in [-0.3, -0.25) is 15.0 Å². The van der Waals surface area contributed by atoms with Gasteiger partial charge in [0.15, 0.2) is 0 Å². The highest BCUT2D eigenvalue weighted by molar-refractivity contribution is 5.63. The quantitative estimate of drug-likeness (QED) is 0.777. The summed E-state index contributed by atoms with van der Waals surface area (Å²) in [5, 5.41) is 5.44. The maximum Gasteiger partial charge on any atom is 0.264 e. The van der Waals surface area contributed by atoms with E-state index in [1.165, 1.54) is 11.1 Å². The third-order valence-corrected chi connectivity index (χ3v) is 2.98. The molecule has 0 aliphatic rings. The van der Waals surface area contributed by atoms with Crippen molar-refractivity contribution >= 4 is 0 Å². The standard InChI is InChI=1S/C14H18N2O/c1-9-7-10(14(2,3)4)5-6-11(9)12-8-13(17)16-15-12/h5-8H,1-4H3,(H2,15,16,17). The molecule has 2 aromatic rings. The maximum atomic E-state index is 11.1. The van der Waals surface area contributed by atoms with Gasteiger partial charge in [-0.15, -0.1) is 0 Å². The lowest BCUT2D eigenvalue weighted by Gasteiger charge is -2.20. The summed E-state index contributed by atoms with van der Waals surface area (Å²) < 4.78 is 0. The first-order chi connectivity index (χ1) is 7.88. The summed E-state index contributed by atoms with van der Waals surface area (Å²) in [5.41, 5.74) is 4.43. The van der Waals surface area contributed by atoms with Gasteiger partial charge >= 0.3 is 0 Å². The average Bonchev–Trinajstić information content (AvgIpc) is 2.63. The summed E-state index contributed by atoms with van der Waals surface area (Å²) in [4.78, 5) is 11.1. The Kier molecular flexibility index (Phi) is 2.69. The first kappa shape index (κ1) is 11.7. The highest BCUT2D eigenvalue weighted by atomic mass is 16.1. The predicted molar refractivity (Wildman–Crippen MR) is 70.3 cm³/mol. The summed E-state index contributed by atoms with van der Waals surface area (Å²) in [6, 6.07) is 7.95. The molecular formula is C14H18N2O. The van der Waals surface area contributed by atoms with Gasteiger partial charge in [0.05, 0.1) is 5.69 Å². The van der Waals surface area contributed by atoms with Gasteiger partial charge in [-0.1, -0.05) is 39.0 Å². The number of benzene rings is 1. The van der Waals surface area contributed by atoms with Gasteiger partial charge in [-0.2, -0.15) is 0 Å². The number of rotatable bonds is 1. The molecule has 0 unspecified atom stereocenters. The van der Waals surface area contributed by atoms with E-state index in [-0.39, 0.29) is 11.0 Å². The van der Waals surface area contributed by atoms with E-state index in [0.29, 0.717) is 0 Å². The summed E-state index contributed by atoms with van der Waals surface area (Å²) in [6.45, 7) is 8.65. The highest BCUT2D eigenvalue weighted by Gasteiger charge is 2.15. The normalized spacial score (nSPS) is 11.8. The molecule has 3 heteroatoms. The van der Waals surface area contributed by atoms with Crippen molar-refractivity contribution in [3.05, 3.63) is 45.7 Å². The van der Waals surface area contributed by atoms with Crippen LogP contribution in [0.15, 0.2) is 29.1 Å². The fourth-order valence-electron chi connectivity index (χ4n) is 1.91. The van der Waals surface area contributed by atoms with Gasteiger partial charge in [0.25, 0.3) is 5.56 Å². The fourth-order valence-corrected chi connectivity index (χ4v) is 1.91. The van der Waals surface area contributed by atoms with Gasteiger partial charge in [-0.25, -0.2) is 0 Å². The molecule has 0 bridgehead atoms. The van der Waals surface area contributed by atoms with Crippen LogP contribution in [0.3, 0.4) is 0 Å². The molecule has 0 saturated heterocycles. The number of aryl methyl sites for hydroxylation is 1. The van der Waals surface area contributed by atoms with E-state index in [1.807, 2.05) is 0 Å². The van der Waals surface area contributed by atoms with E-state index in [9.17, 15) is 4.79 Å². The Balaban J connectivity index is 2.49. The molecule has 1 heterocycles. The van der Waals surface area contributed by atoms with Crippen LogP contribution in [0.2, 0.25) is 0 Å². The predicted octanol–water partition coefficient (Wildman–Crippen LogP) is 2.98. The van der Waals surface area contributed by atoms with E-state index in [4.69, 9.17) is 0 Å². The molecule has 90 valence electrons. The molecule has 1 aromatic heterocycles. The Bertz CT molecular complexity index is 585. The highest BCUT2D eigenvalue weighted by Crippen LogP contribution is 2.27. The van der Waals surface area contributed by atoms with Gasteiger partial charge in [-0.05, 0) is 23.5 Å². The fraction of sp³-hybridized carbons (Fsp3) is 0.357. The molecule has 0 radical (unpaired) electrons. The van der Waals surface area contributed by atoms with Crippen molar-refractivity contribution in [3.63, 3.8) is 0 Å². The molecule has 17 heavy (non-hydrogen) atoms. The number of hydrogen-bond acceptors (Lipinski definition) is 1. The lowest BCUT2D eigenvalue weighted by atomic mass is 9.85. The molecule has 0 atom stereocenters. The van der Waals surface area contributed by atoms with E-state index in [1.54, 1.807) is 6.07 Å². The zero-order valence-corrected chi connectivity index (χ0v) is 10.7. The molecule has 0 fully saturated rings. The van der Waals surface area contributed by atoms with Crippen molar-refractivity contribution in [2.75, 3.05) is 0 Å². The lowest BCUT2D eigenvalue weighted by molar-refractivity contribution is 0.590. The Labute approximate surface area is 101 Å². The summed E-state index contributed by atoms with van der Waals surface area (Å²) in [6.07, 6.45) is 0. The van der Waals surface area contributed by atoms with Crippen molar-refractivity contribution in [1.29, 1.82) is 0 Å². The minimum atomic E-state index is -0.0979. The molecule has 2 N–H and O–H groups in total. The van der Waals surface area contributed by atoms with E-state index in [2.05, 4.69) is 56.1 Å². The Morgan fingerprint density at radius 1 is 1.06 bits per heavy atom. The van der Waals surface area contributed by atoms with Crippen molar-refractivity contribution in [2.45, 2.75) is 33.1 Å². The largest absolute Gasteiger partial charge is 0.298 e. The minimum absolute atomic E-state index is 0.0979. The molecule has 0 amide bonds. The third kappa shape index (κ3) is 2.33. The van der Waals surface area contributed by atoms with Gasteiger partial charge in [0.2, 0.25) is 0 Å². The summed E-state index contributed by atoms with van der Waals surface area (Å²) in [7, 11) is 0. The Morgan fingerprint density at radius 3 is 2.24 bits per heavy atom. The van der Waals surface area contributed by atoms with Crippen LogP contribution in [0.4, 0.5) is 0 Å². The first-order valence-corrected chi connectivity index (χ1v) is 5.77. The van der Waals surface area contributed by atoms with Crippen LogP contribution < -0.4 is 5.56 Å². The van der Waals surface area contributed by atoms with Crippen LogP contribution in [0.25, 0.3) is 11.3 Å². The van der Waals surface area contributed by atoms with Gasteiger partial charge in [0.1, 0.15) is 0 Å². The zero-order valence-electron chi connectivity index (χ0n) is 10.7. The van der Waals surface area contributed by atoms with Crippen LogP contribution in [0.5, 0.6) is 0 Å². The second kappa shape index (κ2) is 3.91. The van der Waals surface area contributed by atoms with Crippen LogP contribution in [-0.2, 0) is 5.41 Å². The molecule has 0 aliphatic carbocycles. The van der Waals surface area contributed by atoms with Crippen LogP contribution in [0, 0.1) is 6.92 Å². The smallest absolute Gasteiger partial charge is 0.264 e. The Hall–Kier alpha value is -1.77. The van der Waals surface area contributed by atoms with Gasteiger partial charge < -0.3 is 0 Å². The van der Waals surface area contributed by atoms with Crippen LogP contribution >= 0.6 is 0 Å². The maximum absolute atomic E-state index is 11.1. The second-order valence-electron chi connectivity index (χ2n) is 5.45. The topological polar surface area (TPSA) is 48.6 Å². The number of aromatic nitrogens is 2. The number of aromatic amines is 2. The van der Waals surface area contributed by atoms with Crippen molar-refractivity contribution < 1.29 is 0 Å².